The molecule has 1 N–H and O–H groups in total. The molecule has 0 saturated carbocycles. The summed E-state index contributed by atoms with van der Waals surface area (Å²) in [7, 11) is 1.76. The Bertz CT molecular complexity index is 975. The molecule has 5 nitrogen and oxygen atoms in total. The Balaban J connectivity index is 1.65. The van der Waals surface area contributed by atoms with Crippen LogP contribution < -0.4 is 5.32 Å². The van der Waals surface area contributed by atoms with Crippen molar-refractivity contribution in [2.75, 3.05) is 5.32 Å². The van der Waals surface area contributed by atoms with Crippen LogP contribution >= 0.6 is 11.6 Å². The Labute approximate surface area is 155 Å². The van der Waals surface area contributed by atoms with Crippen LogP contribution in [-0.4, -0.2) is 21.2 Å². The fraction of sp³-hybridized carbons (Fsp3) is 0.0500. The molecule has 0 fully saturated rings. The highest BCUT2D eigenvalue weighted by atomic mass is 35.5. The van der Waals surface area contributed by atoms with Crippen molar-refractivity contribution in [1.29, 1.82) is 0 Å². The van der Waals surface area contributed by atoms with Gasteiger partial charge in [-0.2, -0.15) is 0 Å². The first-order chi connectivity index (χ1) is 12.5. The Kier molecular flexibility index (Phi) is 5.29. The summed E-state index contributed by atoms with van der Waals surface area (Å²) >= 11 is 5.91. The van der Waals surface area contributed by atoms with Gasteiger partial charge >= 0.3 is 0 Å². The van der Waals surface area contributed by atoms with E-state index in [9.17, 15) is 9.59 Å². The zero-order valence-corrected chi connectivity index (χ0v) is 14.8. The van der Waals surface area contributed by atoms with E-state index in [1.807, 2.05) is 12.1 Å². The third-order valence-electron chi connectivity index (χ3n) is 3.71. The van der Waals surface area contributed by atoms with Crippen LogP contribution in [-0.2, 0) is 11.8 Å². The smallest absolute Gasteiger partial charge is 0.248 e. The molecule has 130 valence electrons. The largest absolute Gasteiger partial charge is 0.331 e. The molecule has 26 heavy (non-hydrogen) atoms. The third-order valence-corrected chi connectivity index (χ3v) is 3.95. The van der Waals surface area contributed by atoms with E-state index in [0.29, 0.717) is 22.1 Å². The molecule has 0 aliphatic carbocycles. The number of ketones is 1. The van der Waals surface area contributed by atoms with Gasteiger partial charge in [0.05, 0.1) is 0 Å². The van der Waals surface area contributed by atoms with Gasteiger partial charge in [0.1, 0.15) is 0 Å². The SMILES string of the molecule is Cn1ccnc1C(=O)c1ccc(NC(=O)/C=C/c2cccc(Cl)c2)cc1. The van der Waals surface area contributed by atoms with Crippen LogP contribution in [0.25, 0.3) is 6.08 Å². The van der Waals surface area contributed by atoms with E-state index in [1.165, 1.54) is 6.08 Å². The number of amides is 1. The zero-order chi connectivity index (χ0) is 18.5. The maximum atomic E-state index is 12.4. The first kappa shape index (κ1) is 17.6. The van der Waals surface area contributed by atoms with E-state index < -0.39 is 0 Å². The number of halogens is 1. The minimum atomic E-state index is -0.270. The van der Waals surface area contributed by atoms with Gasteiger partial charge < -0.3 is 9.88 Å². The Hall–Kier alpha value is -3.18. The van der Waals surface area contributed by atoms with E-state index in [0.717, 1.165) is 5.56 Å². The van der Waals surface area contributed by atoms with Crippen molar-refractivity contribution >= 4 is 35.1 Å². The second kappa shape index (κ2) is 7.80. The number of nitrogens with zero attached hydrogens (tertiary/aromatic N) is 2. The van der Waals surface area contributed by atoms with E-state index in [4.69, 9.17) is 11.6 Å². The first-order valence-electron chi connectivity index (χ1n) is 7.89. The highest BCUT2D eigenvalue weighted by Gasteiger charge is 2.13. The lowest BCUT2D eigenvalue weighted by molar-refractivity contribution is -0.111. The number of carbonyl (C=O) groups is 2. The summed E-state index contributed by atoms with van der Waals surface area (Å²) < 4.78 is 1.67. The number of hydrogen-bond acceptors (Lipinski definition) is 3. The highest BCUT2D eigenvalue weighted by molar-refractivity contribution is 6.30. The summed E-state index contributed by atoms with van der Waals surface area (Å²) in [4.78, 5) is 28.4. The van der Waals surface area contributed by atoms with Gasteiger partial charge in [-0.1, -0.05) is 23.7 Å². The number of anilines is 1. The van der Waals surface area contributed by atoms with Crippen LogP contribution in [0, 0.1) is 0 Å². The highest BCUT2D eigenvalue weighted by Crippen LogP contribution is 2.14. The van der Waals surface area contributed by atoms with Crippen molar-refractivity contribution in [2.45, 2.75) is 0 Å². The molecular weight excluding hydrogens is 350 g/mol. The number of aromatic nitrogens is 2. The molecule has 3 rings (SSSR count). The first-order valence-corrected chi connectivity index (χ1v) is 8.27. The molecule has 3 aromatic rings. The van der Waals surface area contributed by atoms with E-state index >= 15 is 0 Å². The second-order valence-corrected chi connectivity index (χ2v) is 6.08. The average Bonchev–Trinajstić information content (AvgIpc) is 3.06. The molecule has 0 unspecified atom stereocenters. The van der Waals surface area contributed by atoms with E-state index in [-0.39, 0.29) is 11.7 Å². The summed E-state index contributed by atoms with van der Waals surface area (Å²) in [5.74, 6) is -0.0735. The number of aryl methyl sites for hydroxylation is 1. The fourth-order valence-electron chi connectivity index (χ4n) is 2.38. The summed E-state index contributed by atoms with van der Waals surface area (Å²) in [5.41, 5.74) is 1.94. The Morgan fingerprint density at radius 2 is 1.92 bits per heavy atom. The van der Waals surface area contributed by atoms with Crippen LogP contribution in [0.5, 0.6) is 0 Å². The van der Waals surface area contributed by atoms with Crippen molar-refractivity contribution in [3.05, 3.63) is 89.0 Å². The molecule has 6 heteroatoms. The Morgan fingerprint density at radius 1 is 1.15 bits per heavy atom. The van der Waals surface area contributed by atoms with E-state index in [2.05, 4.69) is 10.3 Å². The molecule has 0 aliphatic rings. The summed E-state index contributed by atoms with van der Waals surface area (Å²) in [6.45, 7) is 0. The van der Waals surface area contributed by atoms with Gasteiger partial charge in [-0.3, -0.25) is 9.59 Å². The van der Waals surface area contributed by atoms with Crippen molar-refractivity contribution in [3.63, 3.8) is 0 Å². The quantitative estimate of drug-likeness (QED) is 0.550. The lowest BCUT2D eigenvalue weighted by Crippen LogP contribution is -2.10. The van der Waals surface area contributed by atoms with Crippen LogP contribution in [0.4, 0.5) is 5.69 Å². The maximum Gasteiger partial charge on any atom is 0.248 e. The van der Waals surface area contributed by atoms with Crippen LogP contribution in [0.15, 0.2) is 67.0 Å². The molecule has 0 saturated heterocycles. The predicted molar refractivity (Wildman–Crippen MR) is 102 cm³/mol. The number of hydrogen-bond donors (Lipinski definition) is 1. The topological polar surface area (TPSA) is 64.0 Å². The lowest BCUT2D eigenvalue weighted by Gasteiger charge is -2.05. The predicted octanol–water partition coefficient (Wildman–Crippen LogP) is 3.96. The molecule has 0 atom stereocenters. The zero-order valence-electron chi connectivity index (χ0n) is 14.0. The van der Waals surface area contributed by atoms with Gasteiger partial charge in [0.25, 0.3) is 0 Å². The fourth-order valence-corrected chi connectivity index (χ4v) is 2.58. The standard InChI is InChI=1S/C20H16ClN3O2/c1-24-12-11-22-20(24)19(26)15-6-8-17(9-7-15)23-18(25)10-5-14-3-2-4-16(21)13-14/h2-13H,1H3,(H,23,25)/b10-5+. The minimum Gasteiger partial charge on any atom is -0.331 e. The van der Waals surface area contributed by atoms with Gasteiger partial charge in [-0.15, -0.1) is 0 Å². The molecule has 0 aliphatic heterocycles. The molecule has 0 radical (unpaired) electrons. The summed E-state index contributed by atoms with van der Waals surface area (Å²) in [6, 6.07) is 13.9. The van der Waals surface area contributed by atoms with Gasteiger partial charge in [0.15, 0.2) is 5.82 Å². The molecule has 1 amide bonds. The molecule has 2 aromatic carbocycles. The molecule has 0 spiro atoms. The van der Waals surface area contributed by atoms with Gasteiger partial charge in [-0.25, -0.2) is 4.98 Å². The van der Waals surface area contributed by atoms with Crippen molar-refractivity contribution in [1.82, 2.24) is 9.55 Å². The van der Waals surface area contributed by atoms with Crippen LogP contribution in [0.2, 0.25) is 5.02 Å². The average molecular weight is 366 g/mol. The number of rotatable bonds is 5. The molecule has 1 aromatic heterocycles. The van der Waals surface area contributed by atoms with Crippen LogP contribution in [0.3, 0.4) is 0 Å². The second-order valence-electron chi connectivity index (χ2n) is 5.65. The van der Waals surface area contributed by atoms with Gasteiger partial charge in [-0.05, 0) is 48.0 Å². The van der Waals surface area contributed by atoms with Crippen molar-refractivity contribution in [3.8, 4) is 0 Å². The lowest BCUT2D eigenvalue weighted by atomic mass is 10.1. The summed E-state index contributed by atoms with van der Waals surface area (Å²) in [6.07, 6.45) is 6.40. The normalized spacial score (nSPS) is 10.8. The molecule has 1 heterocycles. The van der Waals surface area contributed by atoms with Gasteiger partial charge in [0, 0.05) is 41.8 Å². The summed E-state index contributed by atoms with van der Waals surface area (Å²) in [5, 5.41) is 3.36. The number of imidazole rings is 1. The number of carbonyl (C=O) groups excluding carboxylic acids is 2. The van der Waals surface area contributed by atoms with Crippen LogP contribution in [0.1, 0.15) is 21.7 Å². The van der Waals surface area contributed by atoms with Gasteiger partial charge in [0.2, 0.25) is 11.7 Å². The van der Waals surface area contributed by atoms with E-state index in [1.54, 1.807) is 66.5 Å². The number of benzene rings is 2. The monoisotopic (exact) mass is 365 g/mol. The van der Waals surface area contributed by atoms with Crippen molar-refractivity contribution < 1.29 is 9.59 Å². The molecular formula is C20H16ClN3O2. The molecule has 0 bridgehead atoms. The Morgan fingerprint density at radius 3 is 2.58 bits per heavy atom. The van der Waals surface area contributed by atoms with Crippen molar-refractivity contribution in [2.24, 2.45) is 7.05 Å². The minimum absolute atomic E-state index is 0.170. The maximum absolute atomic E-state index is 12.4. The number of nitrogens with one attached hydrogen (secondary N) is 1. The third kappa shape index (κ3) is 4.26.